The summed E-state index contributed by atoms with van der Waals surface area (Å²) in [6, 6.07) is 5.34. The lowest BCUT2D eigenvalue weighted by molar-refractivity contribution is -0.139. The molecule has 15 heavy (non-hydrogen) atoms. The Hall–Kier alpha value is -2.04. The minimum Gasteiger partial charge on any atom is -0.482 e. The number of carboxylic acids is 1. The monoisotopic (exact) mass is 206 g/mol. The highest BCUT2D eigenvalue weighted by Gasteiger charge is 2.03. The Morgan fingerprint density at radius 1 is 1.60 bits per heavy atom. The predicted molar refractivity (Wildman–Crippen MR) is 53.8 cm³/mol. The van der Waals surface area contributed by atoms with E-state index in [1.54, 1.807) is 23.0 Å². The van der Waals surface area contributed by atoms with E-state index in [9.17, 15) is 4.79 Å². The molecular formula is C10H10N2O3. The van der Waals surface area contributed by atoms with Crippen molar-refractivity contribution in [3.05, 3.63) is 24.4 Å². The molecule has 0 bridgehead atoms. The van der Waals surface area contributed by atoms with Crippen molar-refractivity contribution in [2.24, 2.45) is 7.05 Å². The van der Waals surface area contributed by atoms with Crippen molar-refractivity contribution in [3.63, 3.8) is 0 Å². The second kappa shape index (κ2) is 3.61. The van der Waals surface area contributed by atoms with E-state index in [-0.39, 0.29) is 6.61 Å². The Bertz CT molecular complexity index is 504. The minimum absolute atomic E-state index is 0.328. The van der Waals surface area contributed by atoms with Crippen LogP contribution in [0.4, 0.5) is 0 Å². The van der Waals surface area contributed by atoms with Crippen molar-refractivity contribution in [1.82, 2.24) is 9.78 Å². The van der Waals surface area contributed by atoms with E-state index in [1.165, 1.54) is 0 Å². The molecule has 1 aromatic heterocycles. The van der Waals surface area contributed by atoms with E-state index in [4.69, 9.17) is 9.84 Å². The molecule has 0 aliphatic heterocycles. The summed E-state index contributed by atoms with van der Waals surface area (Å²) in [5.41, 5.74) is 0.984. The zero-order chi connectivity index (χ0) is 10.8. The summed E-state index contributed by atoms with van der Waals surface area (Å²) >= 11 is 0. The fourth-order valence-electron chi connectivity index (χ4n) is 1.38. The lowest BCUT2D eigenvalue weighted by Crippen LogP contribution is -2.09. The van der Waals surface area contributed by atoms with Crippen LogP contribution in [0.2, 0.25) is 0 Å². The van der Waals surface area contributed by atoms with Crippen molar-refractivity contribution < 1.29 is 14.6 Å². The maximum Gasteiger partial charge on any atom is 0.341 e. The number of carboxylic acid groups (broad SMARTS) is 1. The number of fused-ring (bicyclic) bond motifs is 1. The number of ether oxygens (including phenoxy) is 1. The summed E-state index contributed by atoms with van der Waals surface area (Å²) in [5, 5.41) is 13.5. The largest absolute Gasteiger partial charge is 0.482 e. The first-order chi connectivity index (χ1) is 7.16. The molecule has 0 atom stereocenters. The third-order valence-corrected chi connectivity index (χ3v) is 2.08. The first kappa shape index (κ1) is 9.51. The molecule has 78 valence electrons. The van der Waals surface area contributed by atoms with Crippen molar-refractivity contribution in [1.29, 1.82) is 0 Å². The molecule has 0 saturated carbocycles. The Kier molecular flexibility index (Phi) is 2.29. The van der Waals surface area contributed by atoms with Crippen molar-refractivity contribution >= 4 is 16.9 Å². The van der Waals surface area contributed by atoms with Gasteiger partial charge in [-0.2, -0.15) is 5.10 Å². The molecule has 2 rings (SSSR count). The highest BCUT2D eigenvalue weighted by molar-refractivity contribution is 5.80. The smallest absolute Gasteiger partial charge is 0.341 e. The van der Waals surface area contributed by atoms with Gasteiger partial charge in [0.15, 0.2) is 6.61 Å². The molecule has 0 amide bonds. The third kappa shape index (κ3) is 1.90. The van der Waals surface area contributed by atoms with E-state index in [0.29, 0.717) is 5.75 Å². The van der Waals surface area contributed by atoms with Crippen LogP contribution in [0.3, 0.4) is 0 Å². The number of hydrogen-bond donors (Lipinski definition) is 1. The maximum absolute atomic E-state index is 10.3. The molecular weight excluding hydrogens is 196 g/mol. The van der Waals surface area contributed by atoms with E-state index >= 15 is 0 Å². The van der Waals surface area contributed by atoms with Crippen molar-refractivity contribution in [2.45, 2.75) is 0 Å². The quantitative estimate of drug-likeness (QED) is 0.814. The Balaban J connectivity index is 2.27. The number of aryl methyl sites for hydroxylation is 1. The van der Waals surface area contributed by atoms with Crippen molar-refractivity contribution in [3.8, 4) is 5.75 Å². The number of rotatable bonds is 3. The molecule has 5 heteroatoms. The summed E-state index contributed by atoms with van der Waals surface area (Å²) in [6.45, 7) is -0.328. The number of carbonyl (C=O) groups is 1. The first-order valence-corrected chi connectivity index (χ1v) is 4.43. The van der Waals surface area contributed by atoms with Crippen LogP contribution in [0.15, 0.2) is 24.4 Å². The van der Waals surface area contributed by atoms with Crippen LogP contribution in [0, 0.1) is 0 Å². The molecule has 0 aliphatic rings. The van der Waals surface area contributed by atoms with Crippen LogP contribution in [-0.4, -0.2) is 27.5 Å². The third-order valence-electron chi connectivity index (χ3n) is 2.08. The van der Waals surface area contributed by atoms with Gasteiger partial charge >= 0.3 is 5.97 Å². The zero-order valence-electron chi connectivity index (χ0n) is 8.17. The fraction of sp³-hybridized carbons (Fsp3) is 0.200. The Morgan fingerprint density at radius 3 is 3.13 bits per heavy atom. The van der Waals surface area contributed by atoms with Gasteiger partial charge < -0.3 is 9.84 Å². The number of aliphatic carboxylic acids is 1. The van der Waals surface area contributed by atoms with Gasteiger partial charge in [-0.15, -0.1) is 0 Å². The maximum atomic E-state index is 10.3. The van der Waals surface area contributed by atoms with Crippen LogP contribution in [-0.2, 0) is 11.8 Å². The average Bonchev–Trinajstić information content (AvgIpc) is 2.57. The summed E-state index contributed by atoms with van der Waals surface area (Å²) in [6.07, 6.45) is 1.71. The van der Waals surface area contributed by atoms with E-state index in [2.05, 4.69) is 5.10 Å². The van der Waals surface area contributed by atoms with Crippen LogP contribution in [0.25, 0.3) is 10.9 Å². The molecule has 2 aromatic rings. The fourth-order valence-corrected chi connectivity index (χ4v) is 1.38. The van der Waals surface area contributed by atoms with Gasteiger partial charge in [0.1, 0.15) is 5.75 Å². The SMILES string of the molecule is Cn1ncc2cc(OCC(=O)O)ccc21. The highest BCUT2D eigenvalue weighted by Crippen LogP contribution is 2.19. The Labute approximate surface area is 85.9 Å². The van der Waals surface area contributed by atoms with Gasteiger partial charge in [-0.05, 0) is 18.2 Å². The van der Waals surface area contributed by atoms with Gasteiger partial charge in [0, 0.05) is 12.4 Å². The molecule has 0 unspecified atom stereocenters. The van der Waals surface area contributed by atoms with Gasteiger partial charge in [0.25, 0.3) is 0 Å². The predicted octanol–water partition coefficient (Wildman–Crippen LogP) is 1.04. The topological polar surface area (TPSA) is 64.4 Å². The van der Waals surface area contributed by atoms with Gasteiger partial charge in [-0.1, -0.05) is 0 Å². The molecule has 0 radical (unpaired) electrons. The number of aromatic nitrogens is 2. The molecule has 1 aromatic carbocycles. The van der Waals surface area contributed by atoms with E-state index in [1.807, 2.05) is 13.1 Å². The molecule has 1 heterocycles. The molecule has 0 saturated heterocycles. The van der Waals surface area contributed by atoms with Gasteiger partial charge in [-0.3, -0.25) is 4.68 Å². The second-order valence-electron chi connectivity index (χ2n) is 3.17. The first-order valence-electron chi connectivity index (χ1n) is 4.43. The standard InChI is InChI=1S/C10H10N2O3/c1-12-9-3-2-8(15-6-10(13)14)4-7(9)5-11-12/h2-5H,6H2,1H3,(H,13,14). The Morgan fingerprint density at radius 2 is 2.40 bits per heavy atom. The molecule has 0 spiro atoms. The number of benzene rings is 1. The van der Waals surface area contributed by atoms with Gasteiger partial charge in [-0.25, -0.2) is 4.79 Å². The minimum atomic E-state index is -0.985. The van der Waals surface area contributed by atoms with E-state index in [0.717, 1.165) is 10.9 Å². The number of hydrogen-bond acceptors (Lipinski definition) is 3. The summed E-state index contributed by atoms with van der Waals surface area (Å²) < 4.78 is 6.79. The summed E-state index contributed by atoms with van der Waals surface area (Å²) in [5.74, 6) is -0.445. The second-order valence-corrected chi connectivity index (χ2v) is 3.17. The lowest BCUT2D eigenvalue weighted by atomic mass is 10.2. The lowest BCUT2D eigenvalue weighted by Gasteiger charge is -2.02. The normalized spacial score (nSPS) is 10.5. The van der Waals surface area contributed by atoms with Crippen LogP contribution in [0.5, 0.6) is 5.75 Å². The highest BCUT2D eigenvalue weighted by atomic mass is 16.5. The molecule has 5 nitrogen and oxygen atoms in total. The van der Waals surface area contributed by atoms with Crippen LogP contribution >= 0.6 is 0 Å². The van der Waals surface area contributed by atoms with E-state index < -0.39 is 5.97 Å². The molecule has 1 N–H and O–H groups in total. The van der Waals surface area contributed by atoms with Gasteiger partial charge in [0.05, 0.1) is 11.7 Å². The average molecular weight is 206 g/mol. The van der Waals surface area contributed by atoms with Crippen LogP contribution in [0.1, 0.15) is 0 Å². The number of nitrogens with zero attached hydrogens (tertiary/aromatic N) is 2. The zero-order valence-corrected chi connectivity index (χ0v) is 8.17. The molecule has 0 aliphatic carbocycles. The van der Waals surface area contributed by atoms with Gasteiger partial charge in [0.2, 0.25) is 0 Å². The molecule has 0 fully saturated rings. The van der Waals surface area contributed by atoms with Crippen molar-refractivity contribution in [2.75, 3.05) is 6.61 Å². The summed E-state index contributed by atoms with van der Waals surface area (Å²) in [4.78, 5) is 10.3. The summed E-state index contributed by atoms with van der Waals surface area (Å²) in [7, 11) is 1.85. The van der Waals surface area contributed by atoms with Crippen LogP contribution < -0.4 is 4.74 Å².